The van der Waals surface area contributed by atoms with Crippen molar-refractivity contribution in [3.63, 3.8) is 0 Å². The molecule has 0 aromatic heterocycles. The Labute approximate surface area is 93.5 Å². The Morgan fingerprint density at radius 2 is 2.31 bits per heavy atom. The predicted molar refractivity (Wildman–Crippen MR) is 57.0 cm³/mol. The van der Waals surface area contributed by atoms with Crippen LogP contribution in [0, 0.1) is 0 Å². The number of carbonyl (C=O) groups excluding carboxylic acids is 1. The predicted octanol–water partition coefficient (Wildman–Crippen LogP) is -0.207. The number of rotatable bonds is 3. The Morgan fingerprint density at radius 3 is 2.75 bits per heavy atom. The lowest BCUT2D eigenvalue weighted by atomic mass is 10.1. The van der Waals surface area contributed by atoms with Crippen LogP contribution in [0.4, 0.5) is 4.79 Å². The van der Waals surface area contributed by atoms with Crippen molar-refractivity contribution in [1.29, 1.82) is 0 Å². The van der Waals surface area contributed by atoms with Crippen molar-refractivity contribution >= 4 is 12.0 Å². The van der Waals surface area contributed by atoms with Crippen LogP contribution < -0.4 is 5.32 Å². The number of hydrogen-bond donors (Lipinski definition) is 3. The lowest BCUT2D eigenvalue weighted by molar-refractivity contribution is -0.140. The Morgan fingerprint density at radius 1 is 1.62 bits per heavy atom. The van der Waals surface area contributed by atoms with Gasteiger partial charge in [-0.2, -0.15) is 0 Å². The van der Waals surface area contributed by atoms with Gasteiger partial charge in [0.25, 0.3) is 0 Å². The van der Waals surface area contributed by atoms with Crippen LogP contribution in [0.3, 0.4) is 0 Å². The Bertz CT molecular complexity index is 314. The van der Waals surface area contributed by atoms with E-state index >= 15 is 0 Å². The number of amides is 2. The molecule has 0 bridgehead atoms. The van der Waals surface area contributed by atoms with Gasteiger partial charge in [0.05, 0.1) is 6.61 Å². The molecule has 1 atom stereocenters. The molecule has 6 nitrogen and oxygen atoms in total. The zero-order valence-electron chi connectivity index (χ0n) is 9.14. The highest BCUT2D eigenvalue weighted by Crippen LogP contribution is 2.09. The fraction of sp³-hybridized carbons (Fsp3) is 0.600. The summed E-state index contributed by atoms with van der Waals surface area (Å²) >= 11 is 0. The molecule has 0 fully saturated rings. The molecule has 0 aromatic rings. The van der Waals surface area contributed by atoms with E-state index in [9.17, 15) is 9.59 Å². The Balaban J connectivity index is 2.49. The monoisotopic (exact) mass is 228 g/mol. The number of hydrogen-bond acceptors (Lipinski definition) is 3. The maximum atomic E-state index is 11.6. The lowest BCUT2D eigenvalue weighted by Crippen LogP contribution is -2.50. The lowest BCUT2D eigenvalue weighted by Gasteiger charge is -2.26. The fourth-order valence-electron chi connectivity index (χ4n) is 1.38. The number of urea groups is 1. The second-order valence-electron chi connectivity index (χ2n) is 3.77. The fourth-order valence-corrected chi connectivity index (χ4v) is 1.38. The minimum absolute atomic E-state index is 0.454. The van der Waals surface area contributed by atoms with Crippen molar-refractivity contribution in [2.75, 3.05) is 19.7 Å². The quantitative estimate of drug-likeness (QED) is 0.583. The first-order valence-corrected chi connectivity index (χ1v) is 5.09. The van der Waals surface area contributed by atoms with Gasteiger partial charge in [-0.25, -0.2) is 9.59 Å². The molecule has 0 radical (unpaired) electrons. The van der Waals surface area contributed by atoms with E-state index in [0.717, 1.165) is 6.42 Å². The summed E-state index contributed by atoms with van der Waals surface area (Å²) in [6.45, 7) is 2.44. The molecule has 0 saturated heterocycles. The summed E-state index contributed by atoms with van der Waals surface area (Å²) in [6.07, 6.45) is 2.72. The number of aliphatic hydroxyl groups excluding tert-OH is 1. The summed E-state index contributed by atoms with van der Waals surface area (Å²) < 4.78 is 0. The molecule has 2 amide bonds. The van der Waals surface area contributed by atoms with Crippen molar-refractivity contribution in [2.24, 2.45) is 0 Å². The number of nitrogens with one attached hydrogen (secondary N) is 1. The molecule has 1 heterocycles. The molecule has 6 heteroatoms. The zero-order chi connectivity index (χ0) is 12.1. The van der Waals surface area contributed by atoms with E-state index in [4.69, 9.17) is 10.2 Å². The largest absolute Gasteiger partial charge is 0.480 e. The first kappa shape index (κ1) is 12.5. The van der Waals surface area contributed by atoms with Crippen molar-refractivity contribution in [3.8, 4) is 0 Å². The van der Waals surface area contributed by atoms with Crippen LogP contribution in [-0.2, 0) is 4.79 Å². The average Bonchev–Trinajstić information content (AvgIpc) is 2.26. The van der Waals surface area contributed by atoms with E-state index < -0.39 is 24.6 Å². The maximum Gasteiger partial charge on any atom is 0.328 e. The number of carbonyl (C=O) groups is 2. The first-order chi connectivity index (χ1) is 7.54. The summed E-state index contributed by atoms with van der Waals surface area (Å²) in [7, 11) is 0. The molecule has 0 aliphatic carbocycles. The van der Waals surface area contributed by atoms with Crippen molar-refractivity contribution in [1.82, 2.24) is 10.2 Å². The SMILES string of the molecule is CC1=CCN(C(=O)NC(CO)C(=O)O)CC1. The van der Waals surface area contributed by atoms with E-state index in [0.29, 0.717) is 13.1 Å². The standard InChI is InChI=1S/C10H16N2O4/c1-7-2-4-12(5-3-7)10(16)11-8(6-13)9(14)15/h2,8,13H,3-6H2,1H3,(H,11,16)(H,14,15). The highest BCUT2D eigenvalue weighted by molar-refractivity contribution is 5.82. The van der Waals surface area contributed by atoms with Gasteiger partial charge in [-0.05, 0) is 13.3 Å². The van der Waals surface area contributed by atoms with Crippen LogP contribution in [0.5, 0.6) is 0 Å². The van der Waals surface area contributed by atoms with Crippen molar-refractivity contribution in [3.05, 3.63) is 11.6 Å². The van der Waals surface area contributed by atoms with Crippen LogP contribution in [0.1, 0.15) is 13.3 Å². The minimum Gasteiger partial charge on any atom is -0.480 e. The number of carboxylic acids is 1. The summed E-state index contributed by atoms with van der Waals surface area (Å²) in [5.41, 5.74) is 1.22. The second kappa shape index (κ2) is 5.50. The minimum atomic E-state index is -1.24. The van der Waals surface area contributed by atoms with Crippen LogP contribution >= 0.6 is 0 Å². The zero-order valence-corrected chi connectivity index (χ0v) is 9.14. The third-order valence-electron chi connectivity index (χ3n) is 2.50. The van der Waals surface area contributed by atoms with Crippen LogP contribution in [0.15, 0.2) is 11.6 Å². The van der Waals surface area contributed by atoms with E-state index in [1.165, 1.54) is 10.5 Å². The highest BCUT2D eigenvalue weighted by Gasteiger charge is 2.22. The average molecular weight is 228 g/mol. The molecule has 90 valence electrons. The summed E-state index contributed by atoms with van der Waals surface area (Å²) in [5, 5.41) is 19.7. The Hall–Kier alpha value is -1.56. The van der Waals surface area contributed by atoms with Crippen molar-refractivity contribution < 1.29 is 19.8 Å². The molecule has 16 heavy (non-hydrogen) atoms. The number of nitrogens with zero attached hydrogens (tertiary/aromatic N) is 1. The van der Waals surface area contributed by atoms with Crippen molar-refractivity contribution in [2.45, 2.75) is 19.4 Å². The topological polar surface area (TPSA) is 89.9 Å². The van der Waals surface area contributed by atoms with Gasteiger partial charge in [-0.1, -0.05) is 11.6 Å². The molecule has 1 aliphatic rings. The molecular weight excluding hydrogens is 212 g/mol. The van der Waals surface area contributed by atoms with E-state index in [2.05, 4.69) is 5.32 Å². The Kier molecular flexibility index (Phi) is 4.30. The summed E-state index contributed by atoms with van der Waals surface area (Å²) in [6, 6.07) is -1.69. The molecule has 0 aromatic carbocycles. The number of carboxylic acid groups (broad SMARTS) is 1. The van der Waals surface area contributed by atoms with E-state index in [1.54, 1.807) is 0 Å². The molecule has 1 aliphatic heterocycles. The highest BCUT2D eigenvalue weighted by atomic mass is 16.4. The third kappa shape index (κ3) is 3.23. The van der Waals surface area contributed by atoms with Gasteiger partial charge in [-0.3, -0.25) is 0 Å². The second-order valence-corrected chi connectivity index (χ2v) is 3.77. The van der Waals surface area contributed by atoms with Gasteiger partial charge < -0.3 is 20.4 Å². The van der Waals surface area contributed by atoms with Gasteiger partial charge in [0.1, 0.15) is 0 Å². The van der Waals surface area contributed by atoms with Gasteiger partial charge in [0, 0.05) is 13.1 Å². The van der Waals surface area contributed by atoms with Gasteiger partial charge in [0.2, 0.25) is 0 Å². The van der Waals surface area contributed by atoms with Gasteiger partial charge in [0.15, 0.2) is 6.04 Å². The summed E-state index contributed by atoms with van der Waals surface area (Å²) in [4.78, 5) is 23.7. The molecule has 1 unspecified atom stereocenters. The molecule has 0 saturated carbocycles. The molecule has 0 spiro atoms. The third-order valence-corrected chi connectivity index (χ3v) is 2.50. The van der Waals surface area contributed by atoms with Gasteiger partial charge >= 0.3 is 12.0 Å². The number of aliphatic hydroxyl groups is 1. The molecule has 3 N–H and O–H groups in total. The molecular formula is C10H16N2O4. The normalized spacial score (nSPS) is 17.6. The molecule has 1 rings (SSSR count). The van der Waals surface area contributed by atoms with Crippen LogP contribution in [0.25, 0.3) is 0 Å². The first-order valence-electron chi connectivity index (χ1n) is 5.09. The number of aliphatic carboxylic acids is 1. The van der Waals surface area contributed by atoms with Gasteiger partial charge in [-0.15, -0.1) is 0 Å². The smallest absolute Gasteiger partial charge is 0.328 e. The van der Waals surface area contributed by atoms with Crippen LogP contribution in [-0.4, -0.2) is 52.9 Å². The van der Waals surface area contributed by atoms with E-state index in [1.807, 2.05) is 13.0 Å². The summed E-state index contributed by atoms with van der Waals surface area (Å²) in [5.74, 6) is -1.24. The maximum absolute atomic E-state index is 11.6. The van der Waals surface area contributed by atoms with E-state index in [-0.39, 0.29) is 0 Å². The van der Waals surface area contributed by atoms with Crippen LogP contribution in [0.2, 0.25) is 0 Å².